The van der Waals surface area contributed by atoms with Gasteiger partial charge in [0.1, 0.15) is 6.61 Å². The normalized spacial score (nSPS) is 10.7. The third-order valence-electron chi connectivity index (χ3n) is 4.41. The molecular formula is C21H23ClN4O3S. The smallest absolute Gasteiger partial charge is 0.234 e. The number of hydrogen-bond acceptors (Lipinski definition) is 6. The molecule has 7 nitrogen and oxygen atoms in total. The molecular weight excluding hydrogens is 424 g/mol. The zero-order valence-electron chi connectivity index (χ0n) is 17.2. The molecule has 1 N–H and O–H groups in total. The molecule has 0 saturated heterocycles. The summed E-state index contributed by atoms with van der Waals surface area (Å²) in [5, 5.41) is 12.4. The highest BCUT2D eigenvalue weighted by Crippen LogP contribution is 2.28. The predicted octanol–water partition coefficient (Wildman–Crippen LogP) is 4.40. The van der Waals surface area contributed by atoms with Crippen LogP contribution in [-0.4, -0.2) is 33.5 Å². The number of halogens is 1. The Morgan fingerprint density at radius 3 is 2.73 bits per heavy atom. The molecule has 0 bridgehead atoms. The minimum Gasteiger partial charge on any atom is -0.493 e. The van der Waals surface area contributed by atoms with Gasteiger partial charge in [0.05, 0.1) is 12.9 Å². The van der Waals surface area contributed by atoms with Gasteiger partial charge in [-0.15, -0.1) is 10.2 Å². The van der Waals surface area contributed by atoms with Gasteiger partial charge >= 0.3 is 0 Å². The van der Waals surface area contributed by atoms with Crippen molar-refractivity contribution in [3.63, 3.8) is 0 Å². The van der Waals surface area contributed by atoms with Crippen molar-refractivity contribution in [2.24, 2.45) is 7.05 Å². The summed E-state index contributed by atoms with van der Waals surface area (Å²) in [4.78, 5) is 12.3. The third kappa shape index (κ3) is 5.46. The molecule has 0 aliphatic carbocycles. The Labute approximate surface area is 184 Å². The number of anilines is 1. The highest BCUT2D eigenvalue weighted by atomic mass is 35.5. The fourth-order valence-electron chi connectivity index (χ4n) is 2.68. The number of carbonyl (C=O) groups is 1. The molecule has 9 heteroatoms. The van der Waals surface area contributed by atoms with Crippen LogP contribution < -0.4 is 14.8 Å². The first kappa shape index (κ1) is 22.0. The average Bonchev–Trinajstić information content (AvgIpc) is 3.07. The Kier molecular flexibility index (Phi) is 7.23. The van der Waals surface area contributed by atoms with Crippen LogP contribution in [0, 0.1) is 13.8 Å². The number of ether oxygens (including phenoxy) is 2. The second-order valence-corrected chi connectivity index (χ2v) is 8.08. The minimum absolute atomic E-state index is 0.143. The molecule has 30 heavy (non-hydrogen) atoms. The number of carbonyl (C=O) groups excluding carboxylic acids is 1. The summed E-state index contributed by atoms with van der Waals surface area (Å²) in [5.74, 6) is 2.00. The molecule has 0 atom stereocenters. The van der Waals surface area contributed by atoms with Gasteiger partial charge in [-0.3, -0.25) is 4.79 Å². The fraction of sp³-hybridized carbons (Fsp3) is 0.286. The van der Waals surface area contributed by atoms with Crippen LogP contribution in [0.25, 0.3) is 0 Å². The zero-order valence-corrected chi connectivity index (χ0v) is 18.8. The van der Waals surface area contributed by atoms with E-state index in [2.05, 4.69) is 15.5 Å². The van der Waals surface area contributed by atoms with Crippen molar-refractivity contribution in [3.8, 4) is 11.5 Å². The van der Waals surface area contributed by atoms with Crippen molar-refractivity contribution in [2.45, 2.75) is 25.6 Å². The Hall–Kier alpha value is -2.71. The number of benzene rings is 2. The van der Waals surface area contributed by atoms with Crippen molar-refractivity contribution in [3.05, 3.63) is 58.4 Å². The summed E-state index contributed by atoms with van der Waals surface area (Å²) >= 11 is 7.30. The van der Waals surface area contributed by atoms with Crippen LogP contribution in [0.2, 0.25) is 5.02 Å². The van der Waals surface area contributed by atoms with Crippen LogP contribution in [0.4, 0.5) is 5.69 Å². The van der Waals surface area contributed by atoms with E-state index in [1.54, 1.807) is 19.2 Å². The molecule has 3 aromatic rings. The summed E-state index contributed by atoms with van der Waals surface area (Å²) in [5.41, 5.74) is 2.73. The van der Waals surface area contributed by atoms with Gasteiger partial charge in [-0.1, -0.05) is 35.5 Å². The van der Waals surface area contributed by atoms with Crippen molar-refractivity contribution in [1.82, 2.24) is 14.8 Å². The lowest BCUT2D eigenvalue weighted by molar-refractivity contribution is -0.113. The Balaban J connectivity index is 1.57. The first-order valence-corrected chi connectivity index (χ1v) is 10.6. The lowest BCUT2D eigenvalue weighted by Gasteiger charge is -2.11. The third-order valence-corrected chi connectivity index (χ3v) is 5.66. The Bertz CT molecular complexity index is 1050. The van der Waals surface area contributed by atoms with Crippen LogP contribution in [0.15, 0.2) is 41.6 Å². The number of nitrogens with zero attached hydrogens (tertiary/aromatic N) is 3. The molecule has 0 saturated carbocycles. The number of amides is 1. The summed E-state index contributed by atoms with van der Waals surface area (Å²) in [6.07, 6.45) is 0. The first-order chi connectivity index (χ1) is 14.4. The van der Waals surface area contributed by atoms with Crippen molar-refractivity contribution in [1.29, 1.82) is 0 Å². The molecule has 1 heterocycles. The summed E-state index contributed by atoms with van der Waals surface area (Å²) < 4.78 is 13.0. The number of methoxy groups -OCH3 is 1. The second-order valence-electron chi connectivity index (χ2n) is 6.70. The van der Waals surface area contributed by atoms with E-state index in [4.69, 9.17) is 21.1 Å². The predicted molar refractivity (Wildman–Crippen MR) is 119 cm³/mol. The van der Waals surface area contributed by atoms with Crippen molar-refractivity contribution < 1.29 is 14.3 Å². The monoisotopic (exact) mass is 446 g/mol. The van der Waals surface area contributed by atoms with E-state index in [9.17, 15) is 4.79 Å². The molecule has 1 amide bonds. The van der Waals surface area contributed by atoms with Crippen LogP contribution in [0.3, 0.4) is 0 Å². The second kappa shape index (κ2) is 9.86. The Morgan fingerprint density at radius 1 is 1.17 bits per heavy atom. The van der Waals surface area contributed by atoms with Crippen LogP contribution in [-0.2, 0) is 18.4 Å². The quantitative estimate of drug-likeness (QED) is 0.516. The summed E-state index contributed by atoms with van der Waals surface area (Å²) in [6, 6.07) is 11.1. The van der Waals surface area contributed by atoms with E-state index in [0.717, 1.165) is 11.1 Å². The van der Waals surface area contributed by atoms with Gasteiger partial charge in [-0.05, 0) is 49.2 Å². The maximum Gasteiger partial charge on any atom is 0.234 e. The summed E-state index contributed by atoms with van der Waals surface area (Å²) in [7, 11) is 3.45. The highest BCUT2D eigenvalue weighted by molar-refractivity contribution is 7.99. The molecule has 0 aliphatic heterocycles. The van der Waals surface area contributed by atoms with Crippen molar-refractivity contribution in [2.75, 3.05) is 18.2 Å². The van der Waals surface area contributed by atoms with E-state index >= 15 is 0 Å². The van der Waals surface area contributed by atoms with E-state index in [0.29, 0.717) is 33.2 Å². The summed E-state index contributed by atoms with van der Waals surface area (Å²) in [6.45, 7) is 4.14. The van der Waals surface area contributed by atoms with Gasteiger partial charge in [0.25, 0.3) is 0 Å². The number of aromatic nitrogens is 3. The molecule has 158 valence electrons. The molecule has 0 aliphatic rings. The number of rotatable bonds is 8. The molecule has 1 aromatic heterocycles. The number of thioether (sulfide) groups is 1. The van der Waals surface area contributed by atoms with Gasteiger partial charge in [-0.25, -0.2) is 0 Å². The van der Waals surface area contributed by atoms with E-state index in [-0.39, 0.29) is 18.3 Å². The van der Waals surface area contributed by atoms with E-state index in [1.165, 1.54) is 11.8 Å². The average molecular weight is 447 g/mol. The molecule has 0 unspecified atom stereocenters. The lowest BCUT2D eigenvalue weighted by Crippen LogP contribution is -2.15. The molecule has 0 spiro atoms. The van der Waals surface area contributed by atoms with Crippen molar-refractivity contribution >= 4 is 35.0 Å². The molecule has 3 rings (SSSR count). The van der Waals surface area contributed by atoms with Crippen LogP contribution in [0.5, 0.6) is 11.5 Å². The number of nitrogens with one attached hydrogen (secondary N) is 1. The van der Waals surface area contributed by atoms with E-state index < -0.39 is 0 Å². The maximum atomic E-state index is 12.3. The SMILES string of the molecule is COc1cc(C)ccc1OCc1nnc(SCC(=O)Nc2cc(Cl)ccc2C)n1C. The molecule has 0 radical (unpaired) electrons. The largest absolute Gasteiger partial charge is 0.493 e. The highest BCUT2D eigenvalue weighted by Gasteiger charge is 2.14. The standard InChI is InChI=1S/C21H23ClN4O3S/c1-13-5-8-17(18(9-13)28-4)29-11-19-24-25-21(26(19)3)30-12-20(27)23-16-10-15(22)7-6-14(16)2/h5-10H,11-12H2,1-4H3,(H,23,27). The Morgan fingerprint density at radius 2 is 1.97 bits per heavy atom. The van der Waals surface area contributed by atoms with Gasteiger partial charge in [0.15, 0.2) is 22.5 Å². The molecule has 0 fully saturated rings. The van der Waals surface area contributed by atoms with Crippen LogP contribution in [0.1, 0.15) is 17.0 Å². The maximum absolute atomic E-state index is 12.3. The number of aryl methyl sites for hydroxylation is 2. The first-order valence-electron chi connectivity index (χ1n) is 9.22. The van der Waals surface area contributed by atoms with Gasteiger partial charge in [-0.2, -0.15) is 0 Å². The van der Waals surface area contributed by atoms with Gasteiger partial charge < -0.3 is 19.4 Å². The van der Waals surface area contributed by atoms with Crippen LogP contribution >= 0.6 is 23.4 Å². The zero-order chi connectivity index (χ0) is 21.7. The minimum atomic E-state index is -0.143. The lowest BCUT2D eigenvalue weighted by atomic mass is 10.2. The van der Waals surface area contributed by atoms with Gasteiger partial charge in [0.2, 0.25) is 5.91 Å². The fourth-order valence-corrected chi connectivity index (χ4v) is 3.58. The van der Waals surface area contributed by atoms with E-state index in [1.807, 2.05) is 49.7 Å². The van der Waals surface area contributed by atoms with Gasteiger partial charge in [0, 0.05) is 17.8 Å². The number of hydrogen-bond donors (Lipinski definition) is 1. The molecule has 2 aromatic carbocycles. The topological polar surface area (TPSA) is 78.3 Å².